The van der Waals surface area contributed by atoms with E-state index in [2.05, 4.69) is 23.9 Å². The molecule has 1 saturated heterocycles. The zero-order valence-corrected chi connectivity index (χ0v) is 74.2. The molecule has 2 atom stereocenters. The predicted molar refractivity (Wildman–Crippen MR) is 455 cm³/mol. The standard InChI is InChI=1S/C10H12N2S.S54/c11-7-3-5-6(4-8(7)12)10-2-1-9(5)13-10;1-3-5-7-9-11-13-15-17-19-21-23-25-27-29-31-33-35-37-39-41-43-45-47-49-51-53-54-52-50-48-46-44-42-40-38-36-34-32-30-28-26-24-22-20-18-16-14-12-10-8-6-4-2/h3-4,9-10H,1-2,11-12H2;. The molecule has 1 fully saturated rings. The molecule has 2 nitrogen and oxygen atoms in total. The molecule has 2 bridgehead atoms. The Bertz CT molecular complexity index is 4220. The first-order valence-corrected chi connectivity index (χ1v) is 85.0. The summed E-state index contributed by atoms with van der Waals surface area (Å²) in [5, 5.41) is 1.39. The summed E-state index contributed by atoms with van der Waals surface area (Å²) in [6.07, 6.45) is 2.62. The van der Waals surface area contributed by atoms with Gasteiger partial charge in [0, 0.05) is 495 Å². The first-order valence-electron chi connectivity index (χ1n) is 13.4. The number of benzene rings is 1. The minimum absolute atomic E-state index is 0.697. The van der Waals surface area contributed by atoms with Crippen LogP contribution >= 0.6 is 11.8 Å². The van der Waals surface area contributed by atoms with Crippen molar-refractivity contribution in [3.63, 3.8) is 0 Å². The number of hydrogen-bond acceptors (Lipinski definition) is 5. The molecule has 0 amide bonds. The largest absolute Gasteiger partial charge is 0.397 e. The lowest BCUT2D eigenvalue weighted by Crippen LogP contribution is -2.02. The summed E-state index contributed by atoms with van der Waals surface area (Å²) in [6, 6.07) is 4.14. The first-order chi connectivity index (χ1) is 33.2. The molecule has 2 heterocycles. The average molecular weight is 1920 g/mol. The molecule has 0 saturated carbocycles. The smallest absolute Gasteiger partial charge is 0.0551 e. The van der Waals surface area contributed by atoms with E-state index in [1.165, 1.54) is 41.7 Å². The van der Waals surface area contributed by atoms with Crippen LogP contribution in [0.3, 0.4) is 0 Å². The van der Waals surface area contributed by atoms with Crippen molar-refractivity contribution in [2.45, 2.75) is 23.3 Å². The minimum Gasteiger partial charge on any atom is -0.397 e. The van der Waals surface area contributed by atoms with Crippen LogP contribution < -0.4 is 11.5 Å². The molecule has 4 N–H and O–H groups in total. The van der Waals surface area contributed by atoms with Gasteiger partial charge in [0.2, 0.25) is 0 Å². The van der Waals surface area contributed by atoms with Gasteiger partial charge in [-0.3, -0.25) is 0 Å². The molecule has 2 unspecified atom stereocenters. The van der Waals surface area contributed by atoms with Crippen LogP contribution in [-0.2, 0) is 484 Å². The van der Waals surface area contributed by atoms with Crippen molar-refractivity contribution in [2.24, 2.45) is 0 Å². The maximum atomic E-state index is 5.79. The molecule has 2 aliphatic rings. The zero-order valence-electron chi connectivity index (χ0n) is 29.3. The Balaban J connectivity index is 0.000000987. The van der Waals surface area contributed by atoms with Crippen molar-refractivity contribution in [1.82, 2.24) is 0 Å². The van der Waals surface area contributed by atoms with E-state index in [1.54, 1.807) is 107 Å². The van der Waals surface area contributed by atoms with E-state index in [0.29, 0.717) is 10.5 Å². The molecule has 67 heavy (non-hydrogen) atoms. The van der Waals surface area contributed by atoms with Gasteiger partial charge in [0.05, 0.1) is 11.4 Å². The number of rotatable bonds is 0. The number of hydrogen-bond donors (Lipinski definition) is 2. The van der Waals surface area contributed by atoms with Crippen LogP contribution in [0.4, 0.5) is 11.4 Å². The van der Waals surface area contributed by atoms with Crippen molar-refractivity contribution in [1.29, 1.82) is 0 Å². The topological polar surface area (TPSA) is 52.0 Å². The van der Waals surface area contributed by atoms with Crippen LogP contribution in [0, 0.1) is 0 Å². The number of thioether (sulfide) groups is 1. The van der Waals surface area contributed by atoms with Gasteiger partial charge in [-0.15, -0.1) is 11.8 Å². The third-order valence-electron chi connectivity index (χ3n) is 4.42. The highest BCUT2D eigenvalue weighted by Gasteiger charge is 2.37. The van der Waals surface area contributed by atoms with Gasteiger partial charge in [0.1, 0.15) is 0 Å². The van der Waals surface area contributed by atoms with Gasteiger partial charge in [-0.2, -0.15) is 0 Å². The maximum Gasteiger partial charge on any atom is 0.0551 e. The fourth-order valence-electron chi connectivity index (χ4n) is 2.89. The van der Waals surface area contributed by atoms with E-state index in [-0.39, 0.29) is 0 Å². The van der Waals surface area contributed by atoms with Crippen molar-refractivity contribution in [3.05, 3.63) is 23.3 Å². The molecule has 3 rings (SSSR count). The molecule has 1 aromatic carbocycles. The molecule has 0 aromatic heterocycles. The van der Waals surface area contributed by atoms with Crippen molar-refractivity contribution in [3.8, 4) is 0 Å². The van der Waals surface area contributed by atoms with Crippen LogP contribution in [-0.4, -0.2) is 0 Å². The van der Waals surface area contributed by atoms with E-state index in [4.69, 9.17) is 33.8 Å². The lowest BCUT2D eigenvalue weighted by Gasteiger charge is -2.14. The molecule has 1 aromatic rings. The fourth-order valence-corrected chi connectivity index (χ4v) is 142. The van der Waals surface area contributed by atoms with Gasteiger partial charge in [0.15, 0.2) is 0 Å². The van der Waals surface area contributed by atoms with E-state index in [9.17, 15) is 0 Å². The Morgan fingerprint density at radius 3 is 0.537 bits per heavy atom. The number of nitrogen functional groups attached to an aromatic ring is 2. The van der Waals surface area contributed by atoms with Gasteiger partial charge < -0.3 is 11.5 Å². The molecule has 57 heteroatoms. The quantitative estimate of drug-likeness (QED) is 0.392. The van der Waals surface area contributed by atoms with Gasteiger partial charge in [-0.05, 0) is 36.1 Å². The number of nitrogens with two attached hydrogens (primary N) is 2. The highest BCUT2D eigenvalue weighted by Crippen LogP contribution is 2.61. The number of anilines is 2. The summed E-state index contributed by atoms with van der Waals surface area (Å²) in [4.78, 5) is 0. The van der Waals surface area contributed by atoms with Gasteiger partial charge in [0.25, 0.3) is 0 Å². The van der Waals surface area contributed by atoms with Crippen LogP contribution in [0.1, 0.15) is 34.5 Å². The molecule has 392 valence electrons. The minimum atomic E-state index is 0.697. The Hall–Kier alpha value is 11.1. The second-order valence-electron chi connectivity index (χ2n) is 7.34. The average Bonchev–Trinajstić information content (AvgIpc) is 3.95. The monoisotopic (exact) mass is 1920 g/mol. The van der Waals surface area contributed by atoms with E-state index < -0.39 is 0 Å². The van der Waals surface area contributed by atoms with E-state index >= 15 is 0 Å². The van der Waals surface area contributed by atoms with Gasteiger partial charge in [-0.1, -0.05) is 0 Å². The first kappa shape index (κ1) is 74.2. The van der Waals surface area contributed by atoms with Crippen LogP contribution in [0.5, 0.6) is 0 Å². The second-order valence-corrected chi connectivity index (χ2v) is 101. The second kappa shape index (κ2) is 60.2. The Morgan fingerprint density at radius 2 is 0.403 bits per heavy atom. The Labute approximate surface area is 549 Å². The molecular formula is C10H12N2S55. The molecular weight excluding hydrogens is 1910 g/mol. The Morgan fingerprint density at radius 1 is 0.269 bits per heavy atom. The molecule has 0 spiro atoms. The SMILES string of the molecule is Nc1cc2c(cc1N)C1CCC2S1.S=S=S=S=S=S=S=S=S=S=S=S=S=S=S=S=S=S=S=S=S=S=S=S=S=S=S=S=S=S=S=S=S=S=S=S=S=S=S=S=S=S=S=S=S=S=S=S=S=S=S=S=S=S. The zero-order chi connectivity index (χ0) is 47.8. The summed E-state index contributed by atoms with van der Waals surface area (Å²) in [5.74, 6) is 0. The third kappa shape index (κ3) is 48.0. The summed E-state index contributed by atoms with van der Waals surface area (Å²) in [6.45, 7) is 0. The predicted octanol–water partition coefficient (Wildman–Crippen LogP) is 2.34. The van der Waals surface area contributed by atoms with E-state index in [0.717, 1.165) is 11.4 Å². The lowest BCUT2D eigenvalue weighted by molar-refractivity contribution is 0.718. The van der Waals surface area contributed by atoms with Crippen molar-refractivity contribution in [2.75, 3.05) is 11.5 Å². The summed E-state index contributed by atoms with van der Waals surface area (Å²) in [7, 11) is 93.0. The highest BCUT2D eigenvalue weighted by atomic mass is 33.5. The molecule has 0 radical (unpaired) electrons. The maximum absolute atomic E-state index is 5.79. The van der Waals surface area contributed by atoms with Crippen molar-refractivity contribution < 1.29 is 0 Å². The van der Waals surface area contributed by atoms with Crippen molar-refractivity contribution >= 4 is 507 Å². The number of fused-ring (bicyclic) bond motifs is 5. The molecule has 2 aliphatic heterocycles. The van der Waals surface area contributed by atoms with Gasteiger partial charge >= 0.3 is 0 Å². The highest BCUT2D eigenvalue weighted by molar-refractivity contribution is 8.82. The van der Waals surface area contributed by atoms with E-state index in [1.807, 2.05) is 337 Å². The summed E-state index contributed by atoms with van der Waals surface area (Å²) >= 11 is 11.7. The third-order valence-corrected chi connectivity index (χ3v) is 119. The van der Waals surface area contributed by atoms with Crippen LogP contribution in [0.15, 0.2) is 12.1 Å². The normalized spacial score (nSPS) is 11.9. The van der Waals surface area contributed by atoms with Gasteiger partial charge in [-0.25, -0.2) is 0 Å². The Kier molecular flexibility index (Phi) is 66.6. The molecule has 0 aliphatic carbocycles. The lowest BCUT2D eigenvalue weighted by atomic mass is 9.91. The summed E-state index contributed by atoms with van der Waals surface area (Å²) in [5.41, 5.74) is 15.9. The van der Waals surface area contributed by atoms with Crippen LogP contribution in [0.2, 0.25) is 0 Å². The van der Waals surface area contributed by atoms with Crippen LogP contribution in [0.25, 0.3) is 0 Å². The summed E-state index contributed by atoms with van der Waals surface area (Å²) < 4.78 is 0. The fraction of sp³-hybridized carbons (Fsp3) is 0.400.